The van der Waals surface area contributed by atoms with Crippen molar-refractivity contribution in [1.82, 2.24) is 10.2 Å². The van der Waals surface area contributed by atoms with E-state index < -0.39 is 0 Å². The second-order valence-corrected chi connectivity index (χ2v) is 3.49. The largest absolute Gasteiger partial charge is 0.396 e. The first-order valence-electron chi connectivity index (χ1n) is 4.52. The van der Waals surface area contributed by atoms with E-state index in [9.17, 15) is 0 Å². The SMILES string of the molecule is OCCCC[C@@H]1NC[C@@H]2CN21. The van der Waals surface area contributed by atoms with Crippen LogP contribution in [0.2, 0.25) is 0 Å². The van der Waals surface area contributed by atoms with Crippen LogP contribution < -0.4 is 5.32 Å². The maximum Gasteiger partial charge on any atom is 0.0601 e. The average molecular weight is 156 g/mol. The minimum atomic E-state index is 0.343. The van der Waals surface area contributed by atoms with Gasteiger partial charge in [-0.1, -0.05) is 0 Å². The Morgan fingerprint density at radius 1 is 1.45 bits per heavy atom. The van der Waals surface area contributed by atoms with Gasteiger partial charge in [0.05, 0.1) is 6.17 Å². The number of hydrogen-bond acceptors (Lipinski definition) is 3. The molecule has 0 aromatic rings. The molecular formula is C8H16N2O. The van der Waals surface area contributed by atoms with Gasteiger partial charge in [0, 0.05) is 25.7 Å². The molecule has 64 valence electrons. The molecule has 2 saturated heterocycles. The van der Waals surface area contributed by atoms with Crippen LogP contribution in [0, 0.1) is 0 Å². The third-order valence-electron chi connectivity index (χ3n) is 2.63. The van der Waals surface area contributed by atoms with Crippen molar-refractivity contribution in [2.75, 3.05) is 19.7 Å². The van der Waals surface area contributed by atoms with Crippen LogP contribution in [-0.2, 0) is 0 Å². The Bertz CT molecular complexity index is 140. The summed E-state index contributed by atoms with van der Waals surface area (Å²) in [4.78, 5) is 2.50. The lowest BCUT2D eigenvalue weighted by Crippen LogP contribution is -2.30. The van der Waals surface area contributed by atoms with E-state index in [1.165, 1.54) is 19.5 Å². The Morgan fingerprint density at radius 2 is 2.36 bits per heavy atom. The second kappa shape index (κ2) is 3.09. The summed E-state index contributed by atoms with van der Waals surface area (Å²) >= 11 is 0. The van der Waals surface area contributed by atoms with E-state index >= 15 is 0 Å². The summed E-state index contributed by atoms with van der Waals surface area (Å²) in [6.45, 7) is 2.83. The van der Waals surface area contributed by atoms with Gasteiger partial charge in [-0.2, -0.15) is 0 Å². The molecule has 1 unspecified atom stereocenters. The van der Waals surface area contributed by atoms with Crippen molar-refractivity contribution in [2.24, 2.45) is 0 Å². The topological polar surface area (TPSA) is 35.3 Å². The summed E-state index contributed by atoms with van der Waals surface area (Å²) in [5, 5.41) is 12.0. The average Bonchev–Trinajstić information content (AvgIpc) is 2.70. The predicted molar refractivity (Wildman–Crippen MR) is 43.2 cm³/mol. The van der Waals surface area contributed by atoms with Gasteiger partial charge in [-0.25, -0.2) is 0 Å². The Labute approximate surface area is 67.4 Å². The molecule has 0 bridgehead atoms. The zero-order valence-electron chi connectivity index (χ0n) is 6.79. The lowest BCUT2D eigenvalue weighted by Gasteiger charge is -2.12. The molecule has 2 heterocycles. The standard InChI is InChI=1S/C8H16N2O/c11-4-2-1-3-8-9-5-7-6-10(7)8/h7-9,11H,1-6H2/t7-,8-,10?/m1/s1. The molecule has 2 rings (SSSR count). The second-order valence-electron chi connectivity index (χ2n) is 3.49. The van der Waals surface area contributed by atoms with Gasteiger partial charge >= 0.3 is 0 Å². The fourth-order valence-electron chi connectivity index (χ4n) is 1.87. The molecule has 0 aromatic heterocycles. The van der Waals surface area contributed by atoms with E-state index in [0.29, 0.717) is 12.8 Å². The van der Waals surface area contributed by atoms with Crippen LogP contribution in [0.15, 0.2) is 0 Å². The lowest BCUT2D eigenvalue weighted by molar-refractivity contribution is 0.271. The Balaban J connectivity index is 1.63. The van der Waals surface area contributed by atoms with Crippen molar-refractivity contribution in [3.63, 3.8) is 0 Å². The maximum atomic E-state index is 8.58. The Hall–Kier alpha value is -0.120. The molecule has 3 nitrogen and oxygen atoms in total. The summed E-state index contributed by atoms with van der Waals surface area (Å²) in [6, 6.07) is 0.856. The Kier molecular flexibility index (Phi) is 2.11. The molecule has 11 heavy (non-hydrogen) atoms. The predicted octanol–water partition coefficient (Wildman–Crippen LogP) is -0.238. The van der Waals surface area contributed by atoms with Crippen LogP contribution in [-0.4, -0.2) is 41.9 Å². The highest BCUT2D eigenvalue weighted by molar-refractivity contribution is 5.00. The Morgan fingerprint density at radius 3 is 2.91 bits per heavy atom. The summed E-state index contributed by atoms with van der Waals surface area (Å²) < 4.78 is 0. The molecule has 3 heteroatoms. The van der Waals surface area contributed by atoms with Crippen molar-refractivity contribution in [3.8, 4) is 0 Å². The third-order valence-corrected chi connectivity index (χ3v) is 2.63. The highest BCUT2D eigenvalue weighted by atomic mass is 16.2. The van der Waals surface area contributed by atoms with Gasteiger partial charge in [0.1, 0.15) is 0 Å². The first kappa shape index (κ1) is 7.53. The van der Waals surface area contributed by atoms with Crippen molar-refractivity contribution in [3.05, 3.63) is 0 Å². The van der Waals surface area contributed by atoms with E-state index in [4.69, 9.17) is 5.11 Å². The monoisotopic (exact) mass is 156 g/mol. The number of unbranched alkanes of at least 4 members (excludes halogenated alkanes) is 1. The lowest BCUT2D eigenvalue weighted by atomic mass is 10.2. The fourth-order valence-corrected chi connectivity index (χ4v) is 1.87. The normalized spacial score (nSPS) is 40.6. The van der Waals surface area contributed by atoms with Crippen LogP contribution in [0.4, 0.5) is 0 Å². The molecule has 0 aliphatic carbocycles. The number of aliphatic hydroxyl groups is 1. The molecule has 0 amide bonds. The van der Waals surface area contributed by atoms with Gasteiger partial charge in [0.15, 0.2) is 0 Å². The minimum Gasteiger partial charge on any atom is -0.396 e. The van der Waals surface area contributed by atoms with E-state index in [1.54, 1.807) is 0 Å². The molecule has 2 aliphatic rings. The van der Waals surface area contributed by atoms with Crippen LogP contribution in [0.5, 0.6) is 0 Å². The number of nitrogens with zero attached hydrogens (tertiary/aromatic N) is 1. The van der Waals surface area contributed by atoms with Crippen molar-refractivity contribution in [2.45, 2.75) is 31.5 Å². The number of hydrogen-bond donors (Lipinski definition) is 2. The van der Waals surface area contributed by atoms with Gasteiger partial charge in [0.25, 0.3) is 0 Å². The highest BCUT2D eigenvalue weighted by Crippen LogP contribution is 2.27. The first-order chi connectivity index (χ1) is 5.42. The molecule has 0 spiro atoms. The third kappa shape index (κ3) is 1.55. The number of aliphatic hydroxyl groups excluding tert-OH is 1. The van der Waals surface area contributed by atoms with Crippen LogP contribution >= 0.6 is 0 Å². The summed E-state index contributed by atoms with van der Waals surface area (Å²) in [5.41, 5.74) is 0. The van der Waals surface area contributed by atoms with E-state index in [2.05, 4.69) is 10.2 Å². The summed E-state index contributed by atoms with van der Waals surface area (Å²) in [7, 11) is 0. The molecule has 2 aliphatic heterocycles. The van der Waals surface area contributed by atoms with E-state index in [-0.39, 0.29) is 0 Å². The van der Waals surface area contributed by atoms with Gasteiger partial charge in [-0.3, -0.25) is 4.90 Å². The fraction of sp³-hybridized carbons (Fsp3) is 1.00. The molecule has 0 aromatic carbocycles. The van der Waals surface area contributed by atoms with E-state index in [0.717, 1.165) is 18.9 Å². The molecule has 3 atom stereocenters. The van der Waals surface area contributed by atoms with Crippen LogP contribution in [0.25, 0.3) is 0 Å². The minimum absolute atomic E-state index is 0.343. The molecule has 2 N–H and O–H groups in total. The van der Waals surface area contributed by atoms with E-state index in [1.807, 2.05) is 0 Å². The number of nitrogens with one attached hydrogen (secondary N) is 1. The molecule has 0 radical (unpaired) electrons. The van der Waals surface area contributed by atoms with Gasteiger partial charge < -0.3 is 10.4 Å². The number of fused-ring (bicyclic) bond motifs is 1. The maximum absolute atomic E-state index is 8.58. The quantitative estimate of drug-likeness (QED) is 0.435. The van der Waals surface area contributed by atoms with Crippen LogP contribution in [0.1, 0.15) is 19.3 Å². The van der Waals surface area contributed by atoms with Crippen LogP contribution in [0.3, 0.4) is 0 Å². The van der Waals surface area contributed by atoms with Crippen molar-refractivity contribution < 1.29 is 5.11 Å². The van der Waals surface area contributed by atoms with Gasteiger partial charge in [-0.15, -0.1) is 0 Å². The highest BCUT2D eigenvalue weighted by Gasteiger charge is 2.44. The molecular weight excluding hydrogens is 140 g/mol. The smallest absolute Gasteiger partial charge is 0.0601 e. The first-order valence-corrected chi connectivity index (χ1v) is 4.52. The van der Waals surface area contributed by atoms with Crippen molar-refractivity contribution >= 4 is 0 Å². The molecule has 2 fully saturated rings. The van der Waals surface area contributed by atoms with Gasteiger partial charge in [0.2, 0.25) is 0 Å². The van der Waals surface area contributed by atoms with Crippen molar-refractivity contribution in [1.29, 1.82) is 0 Å². The molecule has 0 saturated carbocycles. The summed E-state index contributed by atoms with van der Waals surface area (Å²) in [6.07, 6.45) is 3.94. The zero-order valence-corrected chi connectivity index (χ0v) is 6.79. The zero-order chi connectivity index (χ0) is 7.68. The van der Waals surface area contributed by atoms with Gasteiger partial charge in [-0.05, 0) is 19.3 Å². The summed E-state index contributed by atoms with van der Waals surface area (Å²) in [5.74, 6) is 0. The number of rotatable bonds is 4.